The molecule has 0 aliphatic carbocycles. The van der Waals surface area contributed by atoms with E-state index in [0.29, 0.717) is 0 Å². The molecule has 0 aromatic rings. The summed E-state index contributed by atoms with van der Waals surface area (Å²) in [6, 6.07) is 0. The predicted molar refractivity (Wildman–Crippen MR) is 76.9 cm³/mol. The van der Waals surface area contributed by atoms with Gasteiger partial charge < -0.3 is 15.1 Å². The summed E-state index contributed by atoms with van der Waals surface area (Å²) >= 11 is 0.815. The summed E-state index contributed by atoms with van der Waals surface area (Å²) in [5.41, 5.74) is 0. The SMILES string of the molecule is CN(C)CC[N-]CCN(C)C.C[CH2][Al+][CH2]C. The number of nitrogens with zero attached hydrogens (tertiary/aromatic N) is 3. The summed E-state index contributed by atoms with van der Waals surface area (Å²) in [5, 5.41) is 7.22. The van der Waals surface area contributed by atoms with Gasteiger partial charge in [0, 0.05) is 0 Å². The maximum atomic E-state index is 4.37. The molecule has 0 unspecified atom stereocenters. The molecule has 0 aliphatic rings. The van der Waals surface area contributed by atoms with E-state index in [1.807, 2.05) is 0 Å². The first-order chi connectivity index (χ1) is 7.54. The Kier molecular flexibility index (Phi) is 18.1. The second-order valence-electron chi connectivity index (χ2n) is 4.38. The quantitative estimate of drug-likeness (QED) is 0.480. The Morgan fingerprint density at radius 1 is 0.812 bits per heavy atom. The average molecular weight is 243 g/mol. The van der Waals surface area contributed by atoms with Crippen molar-refractivity contribution in [2.45, 2.75) is 24.4 Å². The minimum absolute atomic E-state index is 0.815. The van der Waals surface area contributed by atoms with Crippen LogP contribution in [0.15, 0.2) is 0 Å². The van der Waals surface area contributed by atoms with Crippen LogP contribution in [0.5, 0.6) is 0 Å². The van der Waals surface area contributed by atoms with Gasteiger partial charge in [-0.15, -0.1) is 13.1 Å². The van der Waals surface area contributed by atoms with Gasteiger partial charge in [0.25, 0.3) is 0 Å². The summed E-state index contributed by atoms with van der Waals surface area (Å²) in [4.78, 5) is 4.30. The molecule has 0 heterocycles. The van der Waals surface area contributed by atoms with Crippen molar-refractivity contribution in [2.75, 3.05) is 54.4 Å². The summed E-state index contributed by atoms with van der Waals surface area (Å²) < 4.78 is 0. The van der Waals surface area contributed by atoms with Gasteiger partial charge in [-0.3, -0.25) is 0 Å². The van der Waals surface area contributed by atoms with Gasteiger partial charge in [0.05, 0.1) is 0 Å². The topological polar surface area (TPSA) is 20.6 Å². The van der Waals surface area contributed by atoms with Gasteiger partial charge in [-0.2, -0.15) is 0 Å². The van der Waals surface area contributed by atoms with E-state index in [-0.39, 0.29) is 0 Å². The molecule has 0 saturated heterocycles. The molecular weight excluding hydrogens is 213 g/mol. The zero-order valence-corrected chi connectivity index (χ0v) is 13.3. The Balaban J connectivity index is 0. The number of likely N-dealkylation sites (N-methyl/N-ethyl adjacent to an activating group) is 2. The first-order valence-corrected chi connectivity index (χ1v) is 7.92. The molecule has 16 heavy (non-hydrogen) atoms. The van der Waals surface area contributed by atoms with Crippen LogP contribution in [0, 0.1) is 0 Å². The molecule has 96 valence electrons. The second kappa shape index (κ2) is 15.4. The van der Waals surface area contributed by atoms with Gasteiger partial charge in [-0.05, 0) is 41.3 Å². The molecule has 0 bridgehead atoms. The van der Waals surface area contributed by atoms with Crippen LogP contribution in [0.1, 0.15) is 13.8 Å². The fraction of sp³-hybridized carbons (Fsp3) is 1.00. The van der Waals surface area contributed by atoms with E-state index in [2.05, 4.69) is 57.2 Å². The number of rotatable bonds is 8. The molecule has 0 N–H and O–H groups in total. The molecule has 0 fully saturated rings. The first kappa shape index (κ1) is 18.8. The first-order valence-electron chi connectivity index (χ1n) is 6.28. The molecule has 0 amide bonds. The molecule has 0 atom stereocenters. The van der Waals surface area contributed by atoms with Gasteiger partial charge in [0.2, 0.25) is 0 Å². The standard InChI is InChI=1S/C8H20N3.2C2H5.Al/c1-10(2)7-5-9-6-8-11(3)4;2*1-2;/h5-8H2,1-4H3;2*1H2,2H3;/q-1;;;+1. The van der Waals surface area contributed by atoms with Crippen molar-refractivity contribution in [3.8, 4) is 0 Å². The Labute approximate surface area is 109 Å². The van der Waals surface area contributed by atoms with E-state index in [9.17, 15) is 0 Å². The molecule has 4 heteroatoms. The Hall–Kier alpha value is 0.412. The monoisotopic (exact) mass is 243 g/mol. The fourth-order valence-electron chi connectivity index (χ4n) is 0.942. The van der Waals surface area contributed by atoms with Crippen molar-refractivity contribution >= 4 is 15.2 Å². The zero-order valence-electron chi connectivity index (χ0n) is 12.2. The van der Waals surface area contributed by atoms with Gasteiger partial charge in [-0.25, -0.2) is 0 Å². The van der Waals surface area contributed by atoms with Crippen LogP contribution in [0.2, 0.25) is 10.6 Å². The van der Waals surface area contributed by atoms with E-state index < -0.39 is 0 Å². The molecule has 0 aromatic carbocycles. The van der Waals surface area contributed by atoms with Crippen molar-refractivity contribution in [3.63, 3.8) is 0 Å². The summed E-state index contributed by atoms with van der Waals surface area (Å²) in [6.07, 6.45) is 0. The van der Waals surface area contributed by atoms with Crippen LogP contribution in [0.25, 0.3) is 5.32 Å². The predicted octanol–water partition coefficient (Wildman–Crippen LogP) is 2.05. The van der Waals surface area contributed by atoms with Crippen molar-refractivity contribution in [2.24, 2.45) is 0 Å². The van der Waals surface area contributed by atoms with E-state index in [1.54, 1.807) is 0 Å². The zero-order chi connectivity index (χ0) is 12.8. The minimum atomic E-state index is 0.815. The van der Waals surface area contributed by atoms with Crippen LogP contribution < -0.4 is 0 Å². The van der Waals surface area contributed by atoms with Crippen molar-refractivity contribution in [1.29, 1.82) is 0 Å². The van der Waals surface area contributed by atoms with E-state index in [0.717, 1.165) is 41.4 Å². The van der Waals surface area contributed by atoms with Crippen molar-refractivity contribution in [3.05, 3.63) is 5.32 Å². The molecule has 0 aromatic heterocycles. The number of hydrogen-bond donors (Lipinski definition) is 0. The van der Waals surface area contributed by atoms with Crippen LogP contribution in [-0.2, 0) is 0 Å². The molecule has 0 radical (unpaired) electrons. The van der Waals surface area contributed by atoms with Crippen molar-refractivity contribution < 1.29 is 0 Å². The van der Waals surface area contributed by atoms with Crippen LogP contribution in [-0.4, -0.2) is 79.4 Å². The van der Waals surface area contributed by atoms with Gasteiger partial charge in [0.15, 0.2) is 0 Å². The number of hydrogen-bond acceptors (Lipinski definition) is 2. The third-order valence-electron chi connectivity index (χ3n) is 1.99. The molecule has 0 saturated carbocycles. The average Bonchev–Trinajstić information content (AvgIpc) is 2.18. The van der Waals surface area contributed by atoms with Crippen LogP contribution in [0.3, 0.4) is 0 Å². The fourth-order valence-corrected chi connectivity index (χ4v) is 1.52. The summed E-state index contributed by atoms with van der Waals surface area (Å²) in [5.74, 6) is 0. The van der Waals surface area contributed by atoms with Gasteiger partial charge in [-0.1, -0.05) is 0 Å². The third kappa shape index (κ3) is 23.9. The second-order valence-corrected chi connectivity index (χ2v) is 6.59. The van der Waals surface area contributed by atoms with Crippen LogP contribution >= 0.6 is 0 Å². The Morgan fingerprint density at radius 3 is 1.38 bits per heavy atom. The van der Waals surface area contributed by atoms with E-state index in [4.69, 9.17) is 0 Å². The maximum absolute atomic E-state index is 4.37. The van der Waals surface area contributed by atoms with Gasteiger partial charge in [0.1, 0.15) is 0 Å². The summed E-state index contributed by atoms with van der Waals surface area (Å²) in [6.45, 7) is 8.54. The van der Waals surface area contributed by atoms with Crippen LogP contribution in [0.4, 0.5) is 0 Å². The normalized spacial score (nSPS) is 10.0. The van der Waals surface area contributed by atoms with Crippen molar-refractivity contribution in [1.82, 2.24) is 9.80 Å². The summed E-state index contributed by atoms with van der Waals surface area (Å²) in [7, 11) is 8.28. The Bertz CT molecular complexity index is 107. The molecular formula is C12H30AlN3. The molecule has 0 aliphatic heterocycles. The molecule has 0 spiro atoms. The molecule has 0 rings (SSSR count). The Morgan fingerprint density at radius 2 is 1.19 bits per heavy atom. The third-order valence-corrected chi connectivity index (χ3v) is 3.14. The van der Waals surface area contributed by atoms with E-state index in [1.165, 1.54) is 10.6 Å². The van der Waals surface area contributed by atoms with Gasteiger partial charge >= 0.3 is 39.6 Å². The molecule has 3 nitrogen and oxygen atoms in total. The van der Waals surface area contributed by atoms with E-state index >= 15 is 0 Å².